The van der Waals surface area contributed by atoms with E-state index in [1.807, 2.05) is 18.2 Å². The second-order valence-electron chi connectivity index (χ2n) is 7.98. The molecule has 0 saturated carbocycles. The number of nitrogens with one attached hydrogen (secondary N) is 3. The van der Waals surface area contributed by atoms with Gasteiger partial charge in [0.1, 0.15) is 11.2 Å². The zero-order valence-electron chi connectivity index (χ0n) is 17.8. The van der Waals surface area contributed by atoms with Crippen LogP contribution in [-0.2, 0) is 16.1 Å². The molecular weight excluding hydrogens is 448 g/mol. The molecule has 2 amide bonds. The van der Waals surface area contributed by atoms with Crippen LogP contribution >= 0.6 is 23.4 Å². The van der Waals surface area contributed by atoms with E-state index in [2.05, 4.69) is 33.0 Å². The van der Waals surface area contributed by atoms with Crippen molar-refractivity contribution in [2.24, 2.45) is 5.92 Å². The highest BCUT2D eigenvalue weighted by Crippen LogP contribution is 2.28. The summed E-state index contributed by atoms with van der Waals surface area (Å²) < 4.78 is 5.26. The number of piperidine rings is 1. The SMILES string of the molecule is COc1ccc(Cl)cc1NC(=O)CSC1NC(=O)C2CN(Cc3ccccc3)CCC2N1. The zero-order chi connectivity index (χ0) is 22.5. The number of hydrogen-bond donors (Lipinski definition) is 3. The number of benzene rings is 2. The highest BCUT2D eigenvalue weighted by atomic mass is 35.5. The van der Waals surface area contributed by atoms with E-state index >= 15 is 0 Å². The van der Waals surface area contributed by atoms with Crippen molar-refractivity contribution in [3.8, 4) is 5.75 Å². The largest absolute Gasteiger partial charge is 0.495 e. The van der Waals surface area contributed by atoms with Gasteiger partial charge in [-0.25, -0.2) is 0 Å². The van der Waals surface area contributed by atoms with Crippen molar-refractivity contribution in [2.45, 2.75) is 24.5 Å². The minimum absolute atomic E-state index is 0.0425. The van der Waals surface area contributed by atoms with Crippen molar-refractivity contribution in [2.75, 3.05) is 31.3 Å². The predicted molar refractivity (Wildman–Crippen MR) is 128 cm³/mol. The molecular formula is C23H27ClN4O3S. The lowest BCUT2D eigenvalue weighted by molar-refractivity contribution is -0.130. The van der Waals surface area contributed by atoms with E-state index in [0.29, 0.717) is 16.5 Å². The highest BCUT2D eigenvalue weighted by Gasteiger charge is 2.39. The fourth-order valence-electron chi connectivity index (χ4n) is 4.16. The van der Waals surface area contributed by atoms with Crippen LogP contribution in [-0.4, -0.2) is 54.2 Å². The van der Waals surface area contributed by atoms with Gasteiger partial charge in [0.05, 0.1) is 24.5 Å². The fourth-order valence-corrected chi connectivity index (χ4v) is 5.19. The highest BCUT2D eigenvalue weighted by molar-refractivity contribution is 8.00. The van der Waals surface area contributed by atoms with Crippen LogP contribution in [0.1, 0.15) is 12.0 Å². The van der Waals surface area contributed by atoms with Crippen LogP contribution in [0.15, 0.2) is 48.5 Å². The summed E-state index contributed by atoms with van der Waals surface area (Å²) in [5, 5.41) is 9.85. The van der Waals surface area contributed by atoms with E-state index < -0.39 is 0 Å². The van der Waals surface area contributed by atoms with Crippen molar-refractivity contribution >= 4 is 40.9 Å². The van der Waals surface area contributed by atoms with Crippen molar-refractivity contribution in [1.82, 2.24) is 15.5 Å². The maximum Gasteiger partial charge on any atom is 0.234 e. The first-order valence-electron chi connectivity index (χ1n) is 10.6. The standard InChI is InChI=1S/C23H27ClN4O3S/c1-31-20-8-7-16(24)11-19(20)25-21(29)14-32-23-26-18-9-10-28(13-17(18)22(30)27-23)12-15-5-3-2-4-6-15/h2-8,11,17-18,23,26H,9-10,12-14H2,1H3,(H,25,29)(H,27,30). The van der Waals surface area contributed by atoms with Crippen LogP contribution < -0.4 is 20.7 Å². The molecule has 2 saturated heterocycles. The number of ether oxygens (including phenoxy) is 1. The number of amides is 2. The molecule has 3 unspecified atom stereocenters. The van der Waals surface area contributed by atoms with Gasteiger partial charge < -0.3 is 15.4 Å². The molecule has 0 radical (unpaired) electrons. The summed E-state index contributed by atoms with van der Waals surface area (Å²) in [6.07, 6.45) is 0.897. The van der Waals surface area contributed by atoms with E-state index in [9.17, 15) is 9.59 Å². The van der Waals surface area contributed by atoms with Gasteiger partial charge in [-0.15, -0.1) is 11.8 Å². The average Bonchev–Trinajstić information content (AvgIpc) is 2.79. The molecule has 2 heterocycles. The first-order valence-corrected chi connectivity index (χ1v) is 12.0. The van der Waals surface area contributed by atoms with Gasteiger partial charge in [-0.05, 0) is 30.2 Å². The lowest BCUT2D eigenvalue weighted by Gasteiger charge is -2.43. The van der Waals surface area contributed by atoms with Gasteiger partial charge >= 0.3 is 0 Å². The number of halogens is 1. The predicted octanol–water partition coefficient (Wildman–Crippen LogP) is 2.91. The second-order valence-corrected chi connectivity index (χ2v) is 9.51. The molecule has 3 atom stereocenters. The van der Waals surface area contributed by atoms with Gasteiger partial charge in [0.25, 0.3) is 0 Å². The van der Waals surface area contributed by atoms with Crippen LogP contribution in [0.4, 0.5) is 5.69 Å². The third-order valence-electron chi connectivity index (χ3n) is 5.74. The van der Waals surface area contributed by atoms with Gasteiger partial charge in [-0.2, -0.15) is 0 Å². The van der Waals surface area contributed by atoms with Crippen molar-refractivity contribution in [3.63, 3.8) is 0 Å². The summed E-state index contributed by atoms with van der Waals surface area (Å²) in [6, 6.07) is 15.5. The quantitative estimate of drug-likeness (QED) is 0.572. The Kier molecular flexibility index (Phi) is 7.57. The van der Waals surface area contributed by atoms with Gasteiger partial charge in [0.2, 0.25) is 11.8 Å². The van der Waals surface area contributed by atoms with Crippen LogP contribution in [0.3, 0.4) is 0 Å². The Morgan fingerprint density at radius 1 is 1.28 bits per heavy atom. The van der Waals surface area contributed by atoms with Crippen LogP contribution in [0.5, 0.6) is 5.75 Å². The molecule has 2 aliphatic rings. The van der Waals surface area contributed by atoms with Crippen LogP contribution in [0, 0.1) is 5.92 Å². The van der Waals surface area contributed by atoms with Crippen molar-refractivity contribution in [3.05, 3.63) is 59.1 Å². The zero-order valence-corrected chi connectivity index (χ0v) is 19.4. The van der Waals surface area contributed by atoms with E-state index in [4.69, 9.17) is 16.3 Å². The summed E-state index contributed by atoms with van der Waals surface area (Å²) in [4.78, 5) is 27.5. The molecule has 2 fully saturated rings. The number of rotatable bonds is 7. The minimum atomic E-state index is -0.295. The normalized spacial score (nSPS) is 23.2. The van der Waals surface area contributed by atoms with Gasteiger partial charge in [-0.1, -0.05) is 41.9 Å². The first-order chi connectivity index (χ1) is 15.5. The van der Waals surface area contributed by atoms with Gasteiger partial charge in [0, 0.05) is 30.7 Å². The molecule has 3 N–H and O–H groups in total. The van der Waals surface area contributed by atoms with E-state index in [-0.39, 0.29) is 35.0 Å². The fraction of sp³-hybridized carbons (Fsp3) is 0.391. The number of likely N-dealkylation sites (tertiary alicyclic amines) is 1. The maximum absolute atomic E-state index is 12.8. The third kappa shape index (κ3) is 5.75. The number of hydrogen-bond acceptors (Lipinski definition) is 6. The summed E-state index contributed by atoms with van der Waals surface area (Å²) in [7, 11) is 1.54. The van der Waals surface area contributed by atoms with Crippen molar-refractivity contribution in [1.29, 1.82) is 0 Å². The third-order valence-corrected chi connectivity index (χ3v) is 6.99. The minimum Gasteiger partial charge on any atom is -0.495 e. The molecule has 0 aliphatic carbocycles. The molecule has 2 aliphatic heterocycles. The maximum atomic E-state index is 12.8. The van der Waals surface area contributed by atoms with E-state index in [1.165, 1.54) is 24.4 Å². The number of anilines is 1. The van der Waals surface area contributed by atoms with Crippen molar-refractivity contribution < 1.29 is 14.3 Å². The summed E-state index contributed by atoms with van der Waals surface area (Å²) in [6.45, 7) is 2.51. The smallest absolute Gasteiger partial charge is 0.234 e. The molecule has 4 rings (SSSR count). The molecule has 0 spiro atoms. The van der Waals surface area contributed by atoms with Gasteiger partial charge in [-0.3, -0.25) is 19.8 Å². The molecule has 170 valence electrons. The molecule has 2 aromatic carbocycles. The Morgan fingerprint density at radius 3 is 2.88 bits per heavy atom. The Hall–Kier alpha value is -2.26. The van der Waals surface area contributed by atoms with Gasteiger partial charge in [0.15, 0.2) is 0 Å². The van der Waals surface area contributed by atoms with Crippen LogP contribution in [0.25, 0.3) is 0 Å². The number of nitrogens with zero attached hydrogens (tertiary/aromatic N) is 1. The molecule has 0 aromatic heterocycles. The Bertz CT molecular complexity index is 962. The Labute approximate surface area is 197 Å². The number of fused-ring (bicyclic) bond motifs is 1. The van der Waals surface area contributed by atoms with Crippen LogP contribution in [0.2, 0.25) is 5.02 Å². The molecule has 2 aromatic rings. The van der Waals surface area contributed by atoms with E-state index in [1.54, 1.807) is 18.2 Å². The lowest BCUT2D eigenvalue weighted by Crippen LogP contribution is -2.64. The second kappa shape index (κ2) is 10.6. The Morgan fingerprint density at radius 2 is 2.09 bits per heavy atom. The monoisotopic (exact) mass is 474 g/mol. The molecule has 32 heavy (non-hydrogen) atoms. The average molecular weight is 475 g/mol. The number of carbonyl (C=O) groups is 2. The lowest BCUT2D eigenvalue weighted by atomic mass is 9.89. The number of methoxy groups -OCH3 is 1. The molecule has 7 nitrogen and oxygen atoms in total. The summed E-state index contributed by atoms with van der Waals surface area (Å²) in [5.41, 5.74) is 1.49. The van der Waals surface area contributed by atoms with E-state index in [0.717, 1.165) is 26.1 Å². The number of thioether (sulfide) groups is 1. The molecule has 9 heteroatoms. The topological polar surface area (TPSA) is 82.7 Å². The molecule has 0 bridgehead atoms. The summed E-state index contributed by atoms with van der Waals surface area (Å²) in [5.74, 6) is 0.494. The summed E-state index contributed by atoms with van der Waals surface area (Å²) >= 11 is 7.38. The number of carbonyl (C=O) groups excluding carboxylic acids is 2. The Balaban J connectivity index is 1.27. The first kappa shape index (κ1) is 22.9.